The van der Waals surface area contributed by atoms with Crippen LogP contribution in [-0.2, 0) is 16.6 Å². The van der Waals surface area contributed by atoms with Gasteiger partial charge in [0.15, 0.2) is 0 Å². The van der Waals surface area contributed by atoms with E-state index in [0.717, 1.165) is 30.2 Å². The molecule has 9 heteroatoms. The lowest BCUT2D eigenvalue weighted by atomic mass is 10.1. The Morgan fingerprint density at radius 2 is 1.73 bits per heavy atom. The molecule has 0 atom stereocenters. The van der Waals surface area contributed by atoms with Crippen LogP contribution in [0.3, 0.4) is 0 Å². The van der Waals surface area contributed by atoms with Gasteiger partial charge in [0.2, 0.25) is 0 Å². The van der Waals surface area contributed by atoms with Crippen LogP contribution in [0.2, 0.25) is 5.02 Å². The zero-order chi connectivity index (χ0) is 26.4. The van der Waals surface area contributed by atoms with Gasteiger partial charge >= 0.3 is 0 Å². The van der Waals surface area contributed by atoms with Gasteiger partial charge in [0.05, 0.1) is 5.69 Å². The average Bonchev–Trinajstić information content (AvgIpc) is 2.90. The van der Waals surface area contributed by atoms with Crippen molar-refractivity contribution in [2.24, 2.45) is 4.99 Å². The smallest absolute Gasteiger partial charge is 0.264 e. The highest BCUT2D eigenvalue weighted by Crippen LogP contribution is 2.30. The van der Waals surface area contributed by atoms with Gasteiger partial charge in [-0.2, -0.15) is 0 Å². The minimum Gasteiger partial charge on any atom is -0.336 e. The first-order valence-corrected chi connectivity index (χ1v) is 13.8. The Kier molecular flexibility index (Phi) is 8.43. The molecule has 0 unspecified atom stereocenters. The van der Waals surface area contributed by atoms with Crippen LogP contribution in [0.25, 0.3) is 6.08 Å². The highest BCUT2D eigenvalue weighted by molar-refractivity contribution is 7.92. The zero-order valence-electron chi connectivity index (χ0n) is 20.6. The maximum Gasteiger partial charge on any atom is 0.264 e. The van der Waals surface area contributed by atoms with Crippen molar-refractivity contribution in [1.29, 1.82) is 0 Å². The highest BCUT2D eigenvalue weighted by Gasteiger charge is 2.23. The van der Waals surface area contributed by atoms with Crippen LogP contribution in [0.15, 0.2) is 82.7 Å². The fourth-order valence-corrected chi connectivity index (χ4v) is 5.74. The molecule has 1 heterocycles. The predicted molar refractivity (Wildman–Crippen MR) is 150 cm³/mol. The van der Waals surface area contributed by atoms with Gasteiger partial charge in [0, 0.05) is 54.6 Å². The fourth-order valence-electron chi connectivity index (χ4n) is 4.29. The van der Waals surface area contributed by atoms with Gasteiger partial charge in [-0.15, -0.1) is 0 Å². The number of carbonyl (C=O) groups is 1. The number of anilines is 1. The molecule has 1 N–H and O–H groups in total. The van der Waals surface area contributed by atoms with Gasteiger partial charge in [0.1, 0.15) is 4.90 Å². The quantitative estimate of drug-likeness (QED) is 0.387. The molecule has 1 fully saturated rings. The molecule has 0 aliphatic carbocycles. The molecule has 192 valence electrons. The Labute approximate surface area is 223 Å². The van der Waals surface area contributed by atoms with E-state index < -0.39 is 10.0 Å². The highest BCUT2D eigenvalue weighted by atomic mass is 35.5. The second-order valence-corrected chi connectivity index (χ2v) is 10.8. The Hall–Kier alpha value is -3.46. The van der Waals surface area contributed by atoms with Gasteiger partial charge in [-0.3, -0.25) is 19.4 Å². The first-order valence-electron chi connectivity index (χ1n) is 11.9. The molecule has 37 heavy (non-hydrogen) atoms. The van der Waals surface area contributed by atoms with E-state index in [2.05, 4.69) is 21.3 Å². The Bertz CT molecular complexity index is 1410. The third-order valence-electron chi connectivity index (χ3n) is 6.22. The number of hydrogen-bond acceptors (Lipinski definition) is 5. The molecule has 1 amide bonds. The molecular weight excluding hydrogens is 508 g/mol. The molecule has 1 aliphatic rings. The number of piperazine rings is 1. The van der Waals surface area contributed by atoms with Crippen molar-refractivity contribution in [3.63, 3.8) is 0 Å². The molecule has 0 spiro atoms. The predicted octanol–water partition coefficient (Wildman–Crippen LogP) is 5.46. The molecule has 1 saturated heterocycles. The van der Waals surface area contributed by atoms with Crippen molar-refractivity contribution >= 4 is 51.7 Å². The van der Waals surface area contributed by atoms with E-state index >= 15 is 0 Å². The lowest BCUT2D eigenvalue weighted by molar-refractivity contribution is 0.0628. The molecule has 3 aromatic rings. The van der Waals surface area contributed by atoms with E-state index in [1.807, 2.05) is 42.2 Å². The van der Waals surface area contributed by atoms with E-state index in [1.165, 1.54) is 6.07 Å². The van der Waals surface area contributed by atoms with E-state index in [0.29, 0.717) is 29.9 Å². The van der Waals surface area contributed by atoms with Crippen molar-refractivity contribution in [3.8, 4) is 0 Å². The molecule has 0 saturated carbocycles. The standard InChI is InChI=1S/C28H29ClN4O3S/c1-3-7-21-9-6-11-26(27(21)30-2)37(35,36)31-24-14-12-22(13-15-24)28(34)33-18-16-32(17-19-33)20-23-8-4-5-10-25(23)29/h3-15,31H,2,16-20H2,1H3/b7-3-. The van der Waals surface area contributed by atoms with Crippen LogP contribution in [-0.4, -0.2) is 57.0 Å². The lowest BCUT2D eigenvalue weighted by Gasteiger charge is -2.35. The number of hydrogen-bond donors (Lipinski definition) is 1. The van der Waals surface area contributed by atoms with Crippen LogP contribution in [0, 0.1) is 0 Å². The summed E-state index contributed by atoms with van der Waals surface area (Å²) in [6.07, 6.45) is 3.59. The molecule has 4 rings (SSSR count). The molecule has 3 aromatic carbocycles. The van der Waals surface area contributed by atoms with Gasteiger partial charge in [-0.1, -0.05) is 54.1 Å². The summed E-state index contributed by atoms with van der Waals surface area (Å²) >= 11 is 6.28. The summed E-state index contributed by atoms with van der Waals surface area (Å²) < 4.78 is 28.7. The first-order chi connectivity index (χ1) is 17.8. The number of amides is 1. The summed E-state index contributed by atoms with van der Waals surface area (Å²) in [6.45, 7) is 8.84. The average molecular weight is 537 g/mol. The van der Waals surface area contributed by atoms with E-state index in [1.54, 1.807) is 42.5 Å². The number of carbonyl (C=O) groups excluding carboxylic acids is 1. The number of nitrogens with one attached hydrogen (secondary N) is 1. The van der Waals surface area contributed by atoms with Crippen molar-refractivity contribution in [3.05, 3.63) is 94.5 Å². The topological polar surface area (TPSA) is 82.1 Å². The number of sulfonamides is 1. The van der Waals surface area contributed by atoms with Gasteiger partial charge in [-0.25, -0.2) is 8.42 Å². The summed E-state index contributed by atoms with van der Waals surface area (Å²) in [4.78, 5) is 21.1. The number of halogens is 1. The number of nitrogens with zero attached hydrogens (tertiary/aromatic N) is 3. The van der Waals surface area contributed by atoms with Crippen LogP contribution >= 0.6 is 11.6 Å². The van der Waals surface area contributed by atoms with Gasteiger partial charge < -0.3 is 4.90 Å². The Balaban J connectivity index is 1.39. The summed E-state index contributed by atoms with van der Waals surface area (Å²) in [7, 11) is -3.91. The zero-order valence-corrected chi connectivity index (χ0v) is 22.2. The number of benzene rings is 3. The van der Waals surface area contributed by atoms with Crippen molar-refractivity contribution < 1.29 is 13.2 Å². The number of para-hydroxylation sites is 1. The minimum absolute atomic E-state index is 0.0351. The van der Waals surface area contributed by atoms with Crippen LogP contribution < -0.4 is 4.72 Å². The second-order valence-electron chi connectivity index (χ2n) is 8.69. The van der Waals surface area contributed by atoms with E-state index in [-0.39, 0.29) is 16.5 Å². The third-order valence-corrected chi connectivity index (χ3v) is 8.00. The van der Waals surface area contributed by atoms with E-state index in [4.69, 9.17) is 11.6 Å². The molecule has 0 bridgehead atoms. The maximum absolute atomic E-state index is 13.1. The summed E-state index contributed by atoms with van der Waals surface area (Å²) in [5, 5.41) is 0.749. The van der Waals surface area contributed by atoms with Crippen molar-refractivity contribution in [1.82, 2.24) is 9.80 Å². The normalized spacial score (nSPS) is 14.6. The summed E-state index contributed by atoms with van der Waals surface area (Å²) in [6, 6.07) is 19.2. The third kappa shape index (κ3) is 6.28. The van der Waals surface area contributed by atoms with E-state index in [9.17, 15) is 13.2 Å². The number of aliphatic imine (C=N–C) groups is 1. The van der Waals surface area contributed by atoms with Gasteiger partial charge in [0.25, 0.3) is 15.9 Å². The molecule has 7 nitrogen and oxygen atoms in total. The molecule has 0 aromatic heterocycles. The molecule has 1 aliphatic heterocycles. The first kappa shape index (κ1) is 26.6. The minimum atomic E-state index is -3.91. The van der Waals surface area contributed by atoms with Crippen LogP contribution in [0.4, 0.5) is 11.4 Å². The van der Waals surface area contributed by atoms with Crippen LogP contribution in [0.5, 0.6) is 0 Å². The largest absolute Gasteiger partial charge is 0.336 e. The van der Waals surface area contributed by atoms with Gasteiger partial charge in [-0.05, 0) is 55.6 Å². The summed E-state index contributed by atoms with van der Waals surface area (Å²) in [5.74, 6) is -0.0796. The summed E-state index contributed by atoms with van der Waals surface area (Å²) in [5.41, 5.74) is 2.88. The molecular formula is C28H29ClN4O3S. The number of rotatable bonds is 8. The van der Waals surface area contributed by atoms with Crippen molar-refractivity contribution in [2.45, 2.75) is 18.4 Å². The molecule has 0 radical (unpaired) electrons. The Morgan fingerprint density at radius 1 is 1.03 bits per heavy atom. The van der Waals surface area contributed by atoms with Crippen molar-refractivity contribution in [2.75, 3.05) is 30.9 Å². The second kappa shape index (κ2) is 11.7. The SMILES string of the molecule is C=Nc1c(/C=C\C)cccc1S(=O)(=O)Nc1ccc(C(=O)N2CCN(Cc3ccccc3Cl)CC2)cc1. The number of allylic oxidation sites excluding steroid dienone is 1. The van der Waals surface area contributed by atoms with Crippen LogP contribution in [0.1, 0.15) is 28.4 Å². The monoisotopic (exact) mass is 536 g/mol. The Morgan fingerprint density at radius 3 is 2.38 bits per heavy atom. The fraction of sp³-hybridized carbons (Fsp3) is 0.214. The maximum atomic E-state index is 13.1. The lowest BCUT2D eigenvalue weighted by Crippen LogP contribution is -2.48.